The van der Waals surface area contributed by atoms with E-state index in [2.05, 4.69) is 21.0 Å². The van der Waals surface area contributed by atoms with Crippen LogP contribution in [0.4, 0.5) is 11.6 Å². The van der Waals surface area contributed by atoms with Gasteiger partial charge in [0.1, 0.15) is 11.5 Å². The molecule has 0 radical (unpaired) electrons. The summed E-state index contributed by atoms with van der Waals surface area (Å²) in [5, 5.41) is 4.69. The van der Waals surface area contributed by atoms with Crippen molar-refractivity contribution in [3.8, 4) is 28.6 Å². The van der Waals surface area contributed by atoms with Gasteiger partial charge in [0.15, 0.2) is 5.82 Å². The Morgan fingerprint density at radius 3 is 2.77 bits per heavy atom. The van der Waals surface area contributed by atoms with Gasteiger partial charge in [-0.2, -0.15) is 4.98 Å². The van der Waals surface area contributed by atoms with E-state index in [4.69, 9.17) is 14.5 Å². The Hall–Kier alpha value is -3.81. The van der Waals surface area contributed by atoms with E-state index in [1.54, 1.807) is 13.4 Å². The Morgan fingerprint density at radius 2 is 1.97 bits per heavy atom. The molecule has 5 rings (SSSR count). The molecule has 2 aromatic heterocycles. The third-order valence-electron chi connectivity index (χ3n) is 5.35. The highest BCUT2D eigenvalue weighted by Gasteiger charge is 2.23. The molecule has 0 fully saturated rings. The highest BCUT2D eigenvalue weighted by atomic mass is 16.5. The van der Waals surface area contributed by atoms with E-state index >= 15 is 0 Å². The summed E-state index contributed by atoms with van der Waals surface area (Å²) >= 11 is 0. The smallest absolute Gasteiger partial charge is 0.228 e. The van der Waals surface area contributed by atoms with Crippen LogP contribution in [0.15, 0.2) is 55.0 Å². The molecule has 0 amide bonds. The topological polar surface area (TPSA) is 70.2 Å². The van der Waals surface area contributed by atoms with Crippen LogP contribution in [0.2, 0.25) is 0 Å². The Morgan fingerprint density at radius 1 is 1.10 bits per heavy atom. The molecule has 0 spiro atoms. The Labute approximate surface area is 180 Å². The summed E-state index contributed by atoms with van der Waals surface area (Å²) in [5.41, 5.74) is 3.76. The van der Waals surface area contributed by atoms with Gasteiger partial charge in [-0.25, -0.2) is 9.67 Å². The van der Waals surface area contributed by atoms with Crippen molar-refractivity contribution in [2.24, 2.45) is 7.05 Å². The van der Waals surface area contributed by atoms with Gasteiger partial charge in [-0.05, 0) is 43.7 Å². The third-order valence-corrected chi connectivity index (χ3v) is 5.35. The molecule has 0 atom stereocenters. The number of benzene rings is 2. The van der Waals surface area contributed by atoms with Crippen LogP contribution in [-0.4, -0.2) is 44.6 Å². The molecule has 1 aliphatic heterocycles. The summed E-state index contributed by atoms with van der Waals surface area (Å²) in [4.78, 5) is 11.3. The fraction of sp³-hybridized carbons (Fsp3) is 0.261. The van der Waals surface area contributed by atoms with Crippen molar-refractivity contribution in [2.75, 3.05) is 25.2 Å². The second-order valence-electron chi connectivity index (χ2n) is 7.49. The van der Waals surface area contributed by atoms with Crippen molar-refractivity contribution >= 4 is 11.6 Å². The number of hydrogen-bond acceptors (Lipinski definition) is 6. The molecule has 0 bridgehead atoms. The summed E-state index contributed by atoms with van der Waals surface area (Å²) in [6.07, 6.45) is 4.65. The summed E-state index contributed by atoms with van der Waals surface area (Å²) in [5.74, 6) is 3.02. The van der Waals surface area contributed by atoms with E-state index in [-0.39, 0.29) is 0 Å². The van der Waals surface area contributed by atoms with Crippen molar-refractivity contribution in [1.29, 1.82) is 0 Å². The maximum Gasteiger partial charge on any atom is 0.228 e. The first kappa shape index (κ1) is 19.2. The van der Waals surface area contributed by atoms with Crippen molar-refractivity contribution < 1.29 is 9.47 Å². The molecule has 8 heteroatoms. The van der Waals surface area contributed by atoms with Gasteiger partial charge in [0.2, 0.25) is 5.95 Å². The molecule has 1 aliphatic rings. The summed E-state index contributed by atoms with van der Waals surface area (Å²) in [6, 6.07) is 14.0. The zero-order valence-corrected chi connectivity index (χ0v) is 17.8. The van der Waals surface area contributed by atoms with Crippen molar-refractivity contribution in [3.05, 3.63) is 60.7 Å². The number of ether oxygens (including phenoxy) is 2. The van der Waals surface area contributed by atoms with Gasteiger partial charge in [-0.15, -0.1) is 5.10 Å². The number of hydrogen-bond donors (Lipinski definition) is 0. The molecular formula is C23H24N6O2. The average Bonchev–Trinajstić information content (AvgIpc) is 3.32. The lowest BCUT2D eigenvalue weighted by molar-refractivity contribution is 0.322. The molecule has 0 unspecified atom stereocenters. The fourth-order valence-corrected chi connectivity index (χ4v) is 3.85. The van der Waals surface area contributed by atoms with Crippen LogP contribution in [0.3, 0.4) is 0 Å². The predicted octanol–water partition coefficient (Wildman–Crippen LogP) is 3.91. The number of rotatable bonds is 4. The van der Waals surface area contributed by atoms with Crippen LogP contribution in [0.25, 0.3) is 17.1 Å². The average molecular weight is 416 g/mol. The lowest BCUT2D eigenvalue weighted by atomic mass is 10.1. The Kier molecular flexibility index (Phi) is 4.82. The van der Waals surface area contributed by atoms with Gasteiger partial charge in [0.25, 0.3) is 0 Å². The number of methoxy groups -OCH3 is 1. The molecule has 158 valence electrons. The zero-order valence-electron chi connectivity index (χ0n) is 17.8. The molecule has 0 N–H and O–H groups in total. The number of imidazole rings is 1. The molecule has 8 nitrogen and oxygen atoms in total. The highest BCUT2D eigenvalue weighted by molar-refractivity contribution is 5.69. The normalized spacial score (nSPS) is 13.5. The number of aromatic nitrogens is 5. The van der Waals surface area contributed by atoms with Gasteiger partial charge in [0.05, 0.1) is 37.1 Å². The minimum Gasteiger partial charge on any atom is -0.495 e. The van der Waals surface area contributed by atoms with Crippen LogP contribution >= 0.6 is 0 Å². The maximum atomic E-state index is 5.90. The minimum atomic E-state index is 0.645. The summed E-state index contributed by atoms with van der Waals surface area (Å²) in [6.45, 7) is 3.46. The monoisotopic (exact) mass is 416 g/mol. The lowest BCUT2D eigenvalue weighted by Crippen LogP contribution is -2.21. The zero-order chi connectivity index (χ0) is 21.4. The minimum absolute atomic E-state index is 0.645. The molecule has 3 heterocycles. The Bertz CT molecular complexity index is 1230. The van der Waals surface area contributed by atoms with Crippen molar-refractivity contribution in [2.45, 2.75) is 13.3 Å². The molecular weight excluding hydrogens is 392 g/mol. The lowest BCUT2D eigenvalue weighted by Gasteiger charge is -2.21. The van der Waals surface area contributed by atoms with Crippen LogP contribution in [0.1, 0.15) is 12.1 Å². The highest BCUT2D eigenvalue weighted by Crippen LogP contribution is 2.36. The van der Waals surface area contributed by atoms with Gasteiger partial charge < -0.3 is 18.9 Å². The van der Waals surface area contributed by atoms with Crippen LogP contribution in [0, 0.1) is 6.92 Å². The maximum absolute atomic E-state index is 5.90. The second-order valence-corrected chi connectivity index (χ2v) is 7.49. The van der Waals surface area contributed by atoms with Gasteiger partial charge in [-0.1, -0.05) is 12.1 Å². The number of fused-ring (bicyclic) bond motifs is 1. The van der Waals surface area contributed by atoms with Crippen LogP contribution < -0.4 is 14.4 Å². The molecule has 2 aromatic carbocycles. The van der Waals surface area contributed by atoms with E-state index in [1.165, 1.54) is 0 Å². The first-order chi connectivity index (χ1) is 15.1. The van der Waals surface area contributed by atoms with Crippen LogP contribution in [-0.2, 0) is 7.05 Å². The number of para-hydroxylation sites is 2. The molecule has 0 saturated heterocycles. The van der Waals surface area contributed by atoms with Gasteiger partial charge in [-0.3, -0.25) is 0 Å². The molecule has 0 saturated carbocycles. The van der Waals surface area contributed by atoms with E-state index in [1.807, 2.05) is 65.8 Å². The predicted molar refractivity (Wildman–Crippen MR) is 118 cm³/mol. The number of nitrogens with zero attached hydrogens (tertiary/aromatic N) is 6. The quantitative estimate of drug-likeness (QED) is 0.502. The Balaban J connectivity index is 1.53. The van der Waals surface area contributed by atoms with E-state index in [9.17, 15) is 0 Å². The summed E-state index contributed by atoms with van der Waals surface area (Å²) < 4.78 is 15.3. The number of anilines is 2. The first-order valence-corrected chi connectivity index (χ1v) is 10.2. The first-order valence-electron chi connectivity index (χ1n) is 10.2. The standard InChI is InChI=1S/C23H24N6O2/c1-16-14-28(15-24-16)18-10-9-17(13-21(18)30-3)22-25-23(27(2)26-22)29-11-6-12-31-20-8-5-4-7-19(20)29/h4-5,7-10,13-15H,6,11-12H2,1-3H3. The molecule has 31 heavy (non-hydrogen) atoms. The van der Waals surface area contributed by atoms with Crippen molar-refractivity contribution in [3.63, 3.8) is 0 Å². The van der Waals surface area contributed by atoms with E-state index < -0.39 is 0 Å². The van der Waals surface area contributed by atoms with Crippen LogP contribution in [0.5, 0.6) is 11.5 Å². The number of aryl methyl sites for hydroxylation is 2. The van der Waals surface area contributed by atoms with E-state index in [0.717, 1.165) is 53.0 Å². The molecule has 0 aliphatic carbocycles. The third kappa shape index (κ3) is 3.50. The van der Waals surface area contributed by atoms with Gasteiger partial charge >= 0.3 is 0 Å². The van der Waals surface area contributed by atoms with Gasteiger partial charge in [0, 0.05) is 25.4 Å². The SMILES string of the molecule is COc1cc(-c2nc(N3CCCOc4ccccc43)n(C)n2)ccc1-n1cnc(C)c1. The fourth-order valence-electron chi connectivity index (χ4n) is 3.85. The molecule has 4 aromatic rings. The second kappa shape index (κ2) is 7.79. The summed E-state index contributed by atoms with van der Waals surface area (Å²) in [7, 11) is 3.58. The van der Waals surface area contributed by atoms with Crippen molar-refractivity contribution in [1.82, 2.24) is 24.3 Å². The largest absolute Gasteiger partial charge is 0.495 e. The van der Waals surface area contributed by atoms with E-state index in [0.29, 0.717) is 12.4 Å².